The summed E-state index contributed by atoms with van der Waals surface area (Å²) in [6, 6.07) is 3.84. The monoisotopic (exact) mass is 188 g/mol. The summed E-state index contributed by atoms with van der Waals surface area (Å²) in [5, 5.41) is 8.68. The predicted molar refractivity (Wildman–Crippen MR) is 54.3 cm³/mol. The van der Waals surface area contributed by atoms with Crippen molar-refractivity contribution in [2.24, 2.45) is 0 Å². The molecule has 0 spiro atoms. The summed E-state index contributed by atoms with van der Waals surface area (Å²) >= 11 is 0. The molecule has 0 atom stereocenters. The zero-order chi connectivity index (χ0) is 10.4. The maximum atomic E-state index is 8.68. The van der Waals surface area contributed by atoms with Crippen LogP contribution in [0, 0.1) is 18.3 Å². The molecule has 1 aromatic heterocycles. The van der Waals surface area contributed by atoms with Gasteiger partial charge in [0.1, 0.15) is 6.07 Å². The number of pyridine rings is 1. The number of ether oxygens (including phenoxy) is 1. The number of aryl methyl sites for hydroxylation is 1. The molecule has 0 aliphatic rings. The van der Waals surface area contributed by atoms with Gasteiger partial charge in [-0.25, -0.2) is 0 Å². The summed E-state index contributed by atoms with van der Waals surface area (Å²) in [6.45, 7) is 4.45. The average molecular weight is 188 g/mol. The maximum Gasteiger partial charge on any atom is 0.101 e. The minimum atomic E-state index is 0.562. The molecule has 0 bridgehead atoms. The van der Waals surface area contributed by atoms with Crippen molar-refractivity contribution in [2.75, 3.05) is 6.61 Å². The first-order valence-electron chi connectivity index (χ1n) is 4.42. The minimum absolute atomic E-state index is 0.562. The van der Waals surface area contributed by atoms with Crippen molar-refractivity contribution in [1.82, 2.24) is 4.98 Å². The standard InChI is InChI=1S/C11H12N2O/c1-3-14-5-4-11-6-10(7-12)8-13-9(11)2/h4-6,8H,3H2,1-2H3/b5-4+. The van der Waals surface area contributed by atoms with Crippen LogP contribution in [-0.4, -0.2) is 11.6 Å². The average Bonchev–Trinajstić information content (AvgIpc) is 2.21. The first-order chi connectivity index (χ1) is 6.77. The molecule has 0 saturated heterocycles. The molecule has 14 heavy (non-hydrogen) atoms. The van der Waals surface area contributed by atoms with E-state index in [0.29, 0.717) is 12.2 Å². The topological polar surface area (TPSA) is 45.9 Å². The highest BCUT2D eigenvalue weighted by molar-refractivity contribution is 5.53. The van der Waals surface area contributed by atoms with Gasteiger partial charge in [0.05, 0.1) is 18.4 Å². The van der Waals surface area contributed by atoms with Crippen LogP contribution < -0.4 is 0 Å². The third-order valence-electron chi connectivity index (χ3n) is 1.77. The smallest absolute Gasteiger partial charge is 0.101 e. The van der Waals surface area contributed by atoms with Crippen molar-refractivity contribution in [3.05, 3.63) is 35.3 Å². The normalized spacial score (nSPS) is 10.1. The second-order valence-corrected chi connectivity index (χ2v) is 2.77. The Morgan fingerprint density at radius 2 is 2.43 bits per heavy atom. The van der Waals surface area contributed by atoms with Gasteiger partial charge in [-0.05, 0) is 26.0 Å². The van der Waals surface area contributed by atoms with Crippen LogP contribution >= 0.6 is 0 Å². The van der Waals surface area contributed by atoms with E-state index in [0.717, 1.165) is 11.3 Å². The Balaban J connectivity index is 2.90. The van der Waals surface area contributed by atoms with E-state index >= 15 is 0 Å². The number of nitrogens with zero attached hydrogens (tertiary/aromatic N) is 2. The highest BCUT2D eigenvalue weighted by atomic mass is 16.5. The Labute approximate surface area is 83.7 Å². The fourth-order valence-electron chi connectivity index (χ4n) is 0.998. The van der Waals surface area contributed by atoms with Crippen LogP contribution in [0.3, 0.4) is 0 Å². The summed E-state index contributed by atoms with van der Waals surface area (Å²) in [5.41, 5.74) is 2.37. The molecule has 1 rings (SSSR count). The Kier molecular flexibility index (Phi) is 3.69. The van der Waals surface area contributed by atoms with E-state index in [-0.39, 0.29) is 0 Å². The van der Waals surface area contributed by atoms with E-state index in [4.69, 9.17) is 10.00 Å². The van der Waals surface area contributed by atoms with E-state index < -0.39 is 0 Å². The highest BCUT2D eigenvalue weighted by Crippen LogP contribution is 2.09. The highest BCUT2D eigenvalue weighted by Gasteiger charge is 1.97. The van der Waals surface area contributed by atoms with Gasteiger partial charge in [-0.15, -0.1) is 0 Å². The molecule has 0 unspecified atom stereocenters. The lowest BCUT2D eigenvalue weighted by Gasteiger charge is -1.99. The summed E-state index contributed by atoms with van der Waals surface area (Å²) in [7, 11) is 0. The van der Waals surface area contributed by atoms with Gasteiger partial charge in [-0.2, -0.15) is 5.26 Å². The molecule has 1 aromatic rings. The molecule has 1 heterocycles. The summed E-state index contributed by atoms with van der Waals surface area (Å²) < 4.78 is 5.07. The number of rotatable bonds is 3. The van der Waals surface area contributed by atoms with Crippen LogP contribution in [0.15, 0.2) is 18.5 Å². The van der Waals surface area contributed by atoms with Gasteiger partial charge in [0.15, 0.2) is 0 Å². The molecular formula is C11H12N2O. The van der Waals surface area contributed by atoms with Crippen LogP contribution in [-0.2, 0) is 4.74 Å². The van der Waals surface area contributed by atoms with E-state index in [2.05, 4.69) is 4.98 Å². The molecule has 0 fully saturated rings. The number of aromatic nitrogens is 1. The molecule has 0 N–H and O–H groups in total. The summed E-state index contributed by atoms with van der Waals surface area (Å²) in [5.74, 6) is 0. The van der Waals surface area contributed by atoms with Crippen molar-refractivity contribution < 1.29 is 4.74 Å². The van der Waals surface area contributed by atoms with Gasteiger partial charge in [0.2, 0.25) is 0 Å². The van der Waals surface area contributed by atoms with E-state index in [1.165, 1.54) is 0 Å². The van der Waals surface area contributed by atoms with Crippen LogP contribution in [0.5, 0.6) is 0 Å². The largest absolute Gasteiger partial charge is 0.501 e. The Hall–Kier alpha value is -1.82. The zero-order valence-corrected chi connectivity index (χ0v) is 8.32. The van der Waals surface area contributed by atoms with Crippen molar-refractivity contribution in [3.63, 3.8) is 0 Å². The number of nitriles is 1. The van der Waals surface area contributed by atoms with Gasteiger partial charge < -0.3 is 4.74 Å². The fraction of sp³-hybridized carbons (Fsp3) is 0.273. The van der Waals surface area contributed by atoms with Gasteiger partial charge in [-0.1, -0.05) is 0 Å². The molecule has 0 saturated carbocycles. The Bertz CT molecular complexity index is 377. The molecule has 0 radical (unpaired) electrons. The molecule has 0 amide bonds. The van der Waals surface area contributed by atoms with Crippen LogP contribution in [0.2, 0.25) is 0 Å². The molecule has 3 heteroatoms. The maximum absolute atomic E-state index is 8.68. The Morgan fingerprint density at radius 3 is 3.07 bits per heavy atom. The molecule has 72 valence electrons. The lowest BCUT2D eigenvalue weighted by Crippen LogP contribution is -1.88. The minimum Gasteiger partial charge on any atom is -0.501 e. The third kappa shape index (κ3) is 2.60. The van der Waals surface area contributed by atoms with Crippen molar-refractivity contribution in [1.29, 1.82) is 5.26 Å². The van der Waals surface area contributed by atoms with Gasteiger partial charge in [0.25, 0.3) is 0 Å². The van der Waals surface area contributed by atoms with Crippen LogP contribution in [0.4, 0.5) is 0 Å². The van der Waals surface area contributed by atoms with Crippen molar-refractivity contribution in [2.45, 2.75) is 13.8 Å². The summed E-state index contributed by atoms with van der Waals surface area (Å²) in [6.07, 6.45) is 4.99. The van der Waals surface area contributed by atoms with Crippen molar-refractivity contribution in [3.8, 4) is 6.07 Å². The van der Waals surface area contributed by atoms with Gasteiger partial charge in [0, 0.05) is 17.5 Å². The number of hydrogen-bond acceptors (Lipinski definition) is 3. The quantitative estimate of drug-likeness (QED) is 0.683. The lowest BCUT2D eigenvalue weighted by atomic mass is 10.1. The first kappa shape index (κ1) is 10.3. The van der Waals surface area contributed by atoms with E-state index in [1.807, 2.05) is 26.0 Å². The fourth-order valence-corrected chi connectivity index (χ4v) is 0.998. The van der Waals surface area contributed by atoms with Crippen LogP contribution in [0.1, 0.15) is 23.7 Å². The van der Waals surface area contributed by atoms with Gasteiger partial charge >= 0.3 is 0 Å². The van der Waals surface area contributed by atoms with E-state index in [9.17, 15) is 0 Å². The number of hydrogen-bond donors (Lipinski definition) is 0. The lowest BCUT2D eigenvalue weighted by molar-refractivity contribution is 0.272. The molecule has 0 aromatic carbocycles. The second kappa shape index (κ2) is 5.03. The predicted octanol–water partition coefficient (Wildman–Crippen LogP) is 2.27. The van der Waals surface area contributed by atoms with Crippen molar-refractivity contribution >= 4 is 6.08 Å². The molecule has 3 nitrogen and oxygen atoms in total. The third-order valence-corrected chi connectivity index (χ3v) is 1.77. The van der Waals surface area contributed by atoms with Gasteiger partial charge in [-0.3, -0.25) is 4.98 Å². The molecule has 0 aliphatic heterocycles. The Morgan fingerprint density at radius 1 is 1.64 bits per heavy atom. The molecular weight excluding hydrogens is 176 g/mol. The second-order valence-electron chi connectivity index (χ2n) is 2.77. The van der Waals surface area contributed by atoms with E-state index in [1.54, 1.807) is 18.5 Å². The first-order valence-corrected chi connectivity index (χ1v) is 4.42. The molecule has 0 aliphatic carbocycles. The zero-order valence-electron chi connectivity index (χ0n) is 8.32. The SMILES string of the molecule is CCO/C=C/c1cc(C#N)cnc1C. The summed E-state index contributed by atoms with van der Waals surface area (Å²) in [4.78, 5) is 4.10. The van der Waals surface area contributed by atoms with Crippen LogP contribution in [0.25, 0.3) is 6.08 Å².